The molecule has 9 heteroatoms. The molecule has 0 aromatic carbocycles. The van der Waals surface area contributed by atoms with Crippen LogP contribution in [0.2, 0.25) is 0 Å². The molecule has 0 atom stereocenters. The lowest BCUT2D eigenvalue weighted by molar-refractivity contribution is 0.577. The van der Waals surface area contributed by atoms with Crippen LogP contribution in [-0.2, 0) is 13.1 Å². The minimum Gasteiger partial charge on any atom is -0.461 e. The zero-order valence-corrected chi connectivity index (χ0v) is 13.6. The van der Waals surface area contributed by atoms with Crippen LogP contribution in [0.25, 0.3) is 11.6 Å². The van der Waals surface area contributed by atoms with Crippen molar-refractivity contribution in [3.63, 3.8) is 0 Å². The second-order valence-electron chi connectivity index (χ2n) is 4.73. The van der Waals surface area contributed by atoms with E-state index in [-0.39, 0.29) is 0 Å². The molecule has 8 nitrogen and oxygen atoms in total. The third kappa shape index (κ3) is 3.95. The minimum absolute atomic E-state index is 0.476. The van der Waals surface area contributed by atoms with E-state index >= 15 is 0 Å². The second-order valence-corrected chi connectivity index (χ2v) is 6.05. The van der Waals surface area contributed by atoms with Gasteiger partial charge in [-0.3, -0.25) is 10.1 Å². The van der Waals surface area contributed by atoms with Crippen molar-refractivity contribution in [3.05, 3.63) is 40.3 Å². The molecule has 0 aliphatic heterocycles. The molecule has 0 spiro atoms. The molecular formula is C14H17N7OS. The Hall–Kier alpha value is -2.68. The van der Waals surface area contributed by atoms with Gasteiger partial charge in [0.05, 0.1) is 19.4 Å². The van der Waals surface area contributed by atoms with Gasteiger partial charge in [0.15, 0.2) is 11.7 Å². The molecule has 0 aliphatic carbocycles. The van der Waals surface area contributed by atoms with Crippen molar-refractivity contribution in [2.45, 2.75) is 20.0 Å². The van der Waals surface area contributed by atoms with Gasteiger partial charge in [0.2, 0.25) is 5.82 Å². The van der Waals surface area contributed by atoms with Crippen LogP contribution in [-0.4, -0.2) is 33.2 Å². The van der Waals surface area contributed by atoms with Crippen molar-refractivity contribution in [2.24, 2.45) is 4.99 Å². The summed E-state index contributed by atoms with van der Waals surface area (Å²) in [7, 11) is 1.72. The number of hydrogen-bond acceptors (Lipinski definition) is 6. The van der Waals surface area contributed by atoms with Gasteiger partial charge in [0, 0.05) is 18.1 Å². The van der Waals surface area contributed by atoms with E-state index in [2.05, 4.69) is 35.8 Å². The number of rotatable bonds is 5. The van der Waals surface area contributed by atoms with Crippen LogP contribution in [0.3, 0.4) is 0 Å². The Morgan fingerprint density at radius 1 is 1.39 bits per heavy atom. The van der Waals surface area contributed by atoms with E-state index in [4.69, 9.17) is 4.42 Å². The number of furan rings is 1. The van der Waals surface area contributed by atoms with E-state index in [0.717, 1.165) is 5.01 Å². The Morgan fingerprint density at radius 2 is 2.26 bits per heavy atom. The first-order chi connectivity index (χ1) is 11.2. The largest absolute Gasteiger partial charge is 0.461 e. The number of H-pyrrole nitrogens is 1. The van der Waals surface area contributed by atoms with Crippen LogP contribution < -0.4 is 10.6 Å². The predicted octanol–water partition coefficient (Wildman–Crippen LogP) is 1.69. The van der Waals surface area contributed by atoms with E-state index in [1.54, 1.807) is 30.7 Å². The Morgan fingerprint density at radius 3 is 2.96 bits per heavy atom. The number of aromatic nitrogens is 4. The Kier molecular flexibility index (Phi) is 4.67. The van der Waals surface area contributed by atoms with Crippen LogP contribution in [0.4, 0.5) is 0 Å². The fraction of sp³-hybridized carbons (Fsp3) is 0.286. The number of nitrogens with one attached hydrogen (secondary N) is 3. The quantitative estimate of drug-likeness (QED) is 0.485. The van der Waals surface area contributed by atoms with Gasteiger partial charge in [-0.2, -0.15) is 0 Å². The van der Waals surface area contributed by atoms with Crippen LogP contribution in [0.1, 0.15) is 15.7 Å². The van der Waals surface area contributed by atoms with Gasteiger partial charge in [-0.25, -0.2) is 9.97 Å². The molecular weight excluding hydrogens is 314 g/mol. The Bertz CT molecular complexity index is 775. The first kappa shape index (κ1) is 15.2. The normalized spacial score (nSPS) is 11.7. The topological polar surface area (TPSA) is 104 Å². The van der Waals surface area contributed by atoms with E-state index in [1.807, 2.05) is 19.2 Å². The third-order valence-corrected chi connectivity index (χ3v) is 3.91. The van der Waals surface area contributed by atoms with Gasteiger partial charge in [-0.15, -0.1) is 16.4 Å². The third-order valence-electron chi connectivity index (χ3n) is 3.00. The van der Waals surface area contributed by atoms with Gasteiger partial charge >= 0.3 is 0 Å². The summed E-state index contributed by atoms with van der Waals surface area (Å²) in [5.74, 6) is 2.54. The highest BCUT2D eigenvalue weighted by Crippen LogP contribution is 2.14. The van der Waals surface area contributed by atoms with Gasteiger partial charge < -0.3 is 15.1 Å². The Labute approximate surface area is 137 Å². The summed E-state index contributed by atoms with van der Waals surface area (Å²) in [5.41, 5.74) is 0. The van der Waals surface area contributed by atoms with Crippen molar-refractivity contribution in [3.8, 4) is 11.6 Å². The molecule has 0 unspecified atom stereocenters. The molecule has 0 bridgehead atoms. The summed E-state index contributed by atoms with van der Waals surface area (Å²) < 4.78 is 5.26. The molecule has 3 N–H and O–H groups in total. The summed E-state index contributed by atoms with van der Waals surface area (Å²) in [4.78, 5) is 14.0. The highest BCUT2D eigenvalue weighted by Gasteiger charge is 2.08. The maximum Gasteiger partial charge on any atom is 0.216 e. The molecule has 3 rings (SSSR count). The van der Waals surface area contributed by atoms with E-state index < -0.39 is 0 Å². The van der Waals surface area contributed by atoms with Crippen molar-refractivity contribution in [1.29, 1.82) is 0 Å². The Balaban J connectivity index is 1.52. The number of aromatic amines is 1. The lowest BCUT2D eigenvalue weighted by Gasteiger charge is -2.09. The van der Waals surface area contributed by atoms with E-state index in [9.17, 15) is 0 Å². The fourth-order valence-electron chi connectivity index (χ4n) is 1.92. The lowest BCUT2D eigenvalue weighted by atomic mass is 10.4. The van der Waals surface area contributed by atoms with Crippen LogP contribution in [0.15, 0.2) is 34.0 Å². The molecule has 0 saturated carbocycles. The van der Waals surface area contributed by atoms with Crippen LogP contribution in [0.5, 0.6) is 0 Å². The van der Waals surface area contributed by atoms with Crippen LogP contribution >= 0.6 is 11.3 Å². The highest BCUT2D eigenvalue weighted by atomic mass is 32.1. The molecule has 3 aromatic heterocycles. The molecule has 0 amide bonds. The number of aliphatic imine (C=N–C) groups is 1. The van der Waals surface area contributed by atoms with Crippen molar-refractivity contribution < 1.29 is 4.42 Å². The number of hydrogen-bond donors (Lipinski definition) is 3. The van der Waals surface area contributed by atoms with Crippen molar-refractivity contribution in [1.82, 2.24) is 30.8 Å². The summed E-state index contributed by atoms with van der Waals surface area (Å²) >= 11 is 1.66. The van der Waals surface area contributed by atoms with Gasteiger partial charge in [-0.05, 0) is 19.1 Å². The lowest BCUT2D eigenvalue weighted by Crippen LogP contribution is -2.36. The predicted molar refractivity (Wildman–Crippen MR) is 88.0 cm³/mol. The van der Waals surface area contributed by atoms with E-state index in [1.165, 1.54) is 4.88 Å². The minimum atomic E-state index is 0.476. The van der Waals surface area contributed by atoms with E-state index in [0.29, 0.717) is 36.5 Å². The van der Waals surface area contributed by atoms with Gasteiger partial charge in [0.1, 0.15) is 10.8 Å². The monoisotopic (exact) mass is 331 g/mol. The highest BCUT2D eigenvalue weighted by molar-refractivity contribution is 7.11. The average Bonchev–Trinajstić information content (AvgIpc) is 3.28. The number of guanidine groups is 1. The molecule has 0 fully saturated rings. The molecule has 3 aromatic rings. The maximum absolute atomic E-state index is 5.26. The maximum atomic E-state index is 5.26. The average molecular weight is 331 g/mol. The van der Waals surface area contributed by atoms with Crippen molar-refractivity contribution >= 4 is 17.3 Å². The second kappa shape index (κ2) is 7.05. The van der Waals surface area contributed by atoms with Gasteiger partial charge in [0.25, 0.3) is 0 Å². The summed E-state index contributed by atoms with van der Waals surface area (Å²) in [6.07, 6.45) is 3.46. The first-order valence-corrected chi connectivity index (χ1v) is 7.87. The van der Waals surface area contributed by atoms with Crippen LogP contribution in [0, 0.1) is 6.92 Å². The molecule has 0 aliphatic rings. The summed E-state index contributed by atoms with van der Waals surface area (Å²) in [6.45, 7) is 3.14. The standard InChI is InChI=1S/C14H17N7OS/c1-9-6-16-12(23-9)8-18-14(15-2)17-7-11-19-13(21-20-11)10-4-3-5-22-10/h3-6H,7-8H2,1-2H3,(H2,15,17,18)(H,19,20,21). The smallest absolute Gasteiger partial charge is 0.216 e. The number of aryl methyl sites for hydroxylation is 1. The summed E-state index contributed by atoms with van der Waals surface area (Å²) in [5, 5.41) is 14.4. The van der Waals surface area contributed by atoms with Crippen molar-refractivity contribution in [2.75, 3.05) is 7.05 Å². The fourth-order valence-corrected chi connectivity index (χ4v) is 2.65. The molecule has 3 heterocycles. The van der Waals surface area contributed by atoms with Gasteiger partial charge in [-0.1, -0.05) is 0 Å². The molecule has 120 valence electrons. The number of nitrogens with zero attached hydrogens (tertiary/aromatic N) is 4. The molecule has 0 radical (unpaired) electrons. The SMILES string of the molecule is CN=C(NCc1nc(-c2ccco2)n[nH]1)NCc1ncc(C)s1. The number of thiazole rings is 1. The molecule has 0 saturated heterocycles. The summed E-state index contributed by atoms with van der Waals surface area (Å²) in [6, 6.07) is 3.62. The zero-order chi connectivity index (χ0) is 16.1. The first-order valence-electron chi connectivity index (χ1n) is 7.05. The molecule has 23 heavy (non-hydrogen) atoms. The zero-order valence-electron chi connectivity index (χ0n) is 12.8.